The van der Waals surface area contributed by atoms with Crippen LogP contribution in [0, 0.1) is 5.92 Å². The molecule has 1 rings (SSSR count). The number of carbonyl (C=O) groups is 2. The van der Waals surface area contributed by atoms with Crippen LogP contribution in [0.5, 0.6) is 0 Å². The molecular weight excluding hydrogens is 224 g/mol. The van der Waals surface area contributed by atoms with Gasteiger partial charge in [0.1, 0.15) is 5.92 Å². The second kappa shape index (κ2) is 6.56. The molecule has 1 saturated heterocycles. The van der Waals surface area contributed by atoms with E-state index in [2.05, 4.69) is 5.32 Å². The highest BCUT2D eigenvalue weighted by molar-refractivity contribution is 5.80. The lowest BCUT2D eigenvalue weighted by Crippen LogP contribution is -2.49. The van der Waals surface area contributed by atoms with Crippen LogP contribution in [0.1, 0.15) is 13.8 Å². The largest absolute Gasteiger partial charge is 0.481 e. The molecule has 0 aromatic carbocycles. The highest BCUT2D eigenvalue weighted by Gasteiger charge is 2.39. The molecule has 2 atom stereocenters. The lowest BCUT2D eigenvalue weighted by molar-refractivity contribution is -0.144. The molecule has 0 radical (unpaired) electrons. The van der Waals surface area contributed by atoms with E-state index in [9.17, 15) is 9.59 Å². The summed E-state index contributed by atoms with van der Waals surface area (Å²) in [7, 11) is 0. The first-order valence-electron chi connectivity index (χ1n) is 5.92. The number of carbonyl (C=O) groups excluding carboxylic acids is 1. The normalized spacial score (nSPS) is 23.6. The zero-order chi connectivity index (χ0) is 12.8. The number of carboxylic acid groups (broad SMARTS) is 1. The van der Waals surface area contributed by atoms with Crippen molar-refractivity contribution in [2.45, 2.75) is 19.9 Å². The minimum atomic E-state index is -0.901. The summed E-state index contributed by atoms with van der Waals surface area (Å²) in [6, 6.07) is -0.344. The Morgan fingerprint density at radius 2 is 2.12 bits per heavy atom. The van der Waals surface area contributed by atoms with Crippen LogP contribution in [-0.2, 0) is 14.3 Å². The molecule has 6 heteroatoms. The monoisotopic (exact) mass is 244 g/mol. The van der Waals surface area contributed by atoms with Crippen molar-refractivity contribution in [3.63, 3.8) is 0 Å². The number of nitrogens with zero attached hydrogens (tertiary/aromatic N) is 1. The molecule has 2 N–H and O–H groups in total. The number of hydrogen-bond acceptors (Lipinski definition) is 4. The highest BCUT2D eigenvalue weighted by Crippen LogP contribution is 2.20. The molecule has 6 nitrogen and oxygen atoms in total. The van der Waals surface area contributed by atoms with Crippen molar-refractivity contribution in [2.24, 2.45) is 5.92 Å². The van der Waals surface area contributed by atoms with Crippen LogP contribution in [0.3, 0.4) is 0 Å². The van der Waals surface area contributed by atoms with Gasteiger partial charge in [0.15, 0.2) is 0 Å². The van der Waals surface area contributed by atoms with Gasteiger partial charge in [-0.3, -0.25) is 9.59 Å². The quantitative estimate of drug-likeness (QED) is 0.661. The van der Waals surface area contributed by atoms with Crippen molar-refractivity contribution < 1.29 is 19.4 Å². The summed E-state index contributed by atoms with van der Waals surface area (Å²) in [5, 5.41) is 12.0. The molecule has 2 unspecified atom stereocenters. The fourth-order valence-corrected chi connectivity index (χ4v) is 2.02. The molecule has 0 aromatic rings. The fourth-order valence-electron chi connectivity index (χ4n) is 2.02. The average molecular weight is 244 g/mol. The van der Waals surface area contributed by atoms with Crippen molar-refractivity contribution in [2.75, 3.05) is 32.8 Å². The first kappa shape index (κ1) is 13.9. The van der Waals surface area contributed by atoms with Gasteiger partial charge in [-0.25, -0.2) is 0 Å². The van der Waals surface area contributed by atoms with E-state index in [4.69, 9.17) is 9.84 Å². The van der Waals surface area contributed by atoms with Crippen molar-refractivity contribution >= 4 is 11.9 Å². The molecule has 1 amide bonds. The number of rotatable bonds is 6. The average Bonchev–Trinajstić information content (AvgIpc) is 2.76. The Morgan fingerprint density at radius 3 is 2.65 bits per heavy atom. The van der Waals surface area contributed by atoms with Crippen molar-refractivity contribution in [1.82, 2.24) is 10.2 Å². The number of hydrogen-bond donors (Lipinski definition) is 2. The summed E-state index contributed by atoms with van der Waals surface area (Å²) in [6.45, 7) is 5.72. The standard InChI is InChI=1S/C11H20N2O4/c1-3-12-5-10(14)13(4-2)9-7-17-6-8(9)11(15)16/h8-9,12H,3-7H2,1-2H3,(H,15,16). The fraction of sp³-hybridized carbons (Fsp3) is 0.818. The number of ether oxygens (including phenoxy) is 1. The van der Waals surface area contributed by atoms with Gasteiger partial charge in [0.2, 0.25) is 5.91 Å². The number of carboxylic acids is 1. The van der Waals surface area contributed by atoms with Crippen LogP contribution in [-0.4, -0.2) is 60.8 Å². The molecule has 0 aliphatic carbocycles. The molecule has 17 heavy (non-hydrogen) atoms. The van der Waals surface area contributed by atoms with Crippen LogP contribution in [0.2, 0.25) is 0 Å². The lowest BCUT2D eigenvalue weighted by Gasteiger charge is -2.29. The molecule has 1 aliphatic rings. The maximum Gasteiger partial charge on any atom is 0.311 e. The summed E-state index contributed by atoms with van der Waals surface area (Å²) >= 11 is 0. The zero-order valence-electron chi connectivity index (χ0n) is 10.3. The van der Waals surface area contributed by atoms with Crippen molar-refractivity contribution in [3.8, 4) is 0 Å². The van der Waals surface area contributed by atoms with E-state index in [0.29, 0.717) is 19.7 Å². The SMILES string of the molecule is CCNCC(=O)N(CC)C1COCC1C(=O)O. The van der Waals surface area contributed by atoms with Crippen LogP contribution >= 0.6 is 0 Å². The van der Waals surface area contributed by atoms with Gasteiger partial charge in [-0.05, 0) is 13.5 Å². The predicted molar refractivity (Wildman–Crippen MR) is 61.7 cm³/mol. The van der Waals surface area contributed by atoms with Gasteiger partial charge in [-0.1, -0.05) is 6.92 Å². The van der Waals surface area contributed by atoms with E-state index in [1.165, 1.54) is 0 Å². The van der Waals surface area contributed by atoms with Crippen LogP contribution in [0.4, 0.5) is 0 Å². The first-order valence-corrected chi connectivity index (χ1v) is 5.92. The molecule has 0 aromatic heterocycles. The lowest BCUT2D eigenvalue weighted by atomic mass is 10.0. The van der Waals surface area contributed by atoms with Gasteiger partial charge < -0.3 is 20.1 Å². The van der Waals surface area contributed by atoms with Gasteiger partial charge in [0, 0.05) is 6.54 Å². The Morgan fingerprint density at radius 1 is 1.41 bits per heavy atom. The predicted octanol–water partition coefficient (Wildman–Crippen LogP) is -0.456. The highest BCUT2D eigenvalue weighted by atomic mass is 16.5. The van der Waals surface area contributed by atoms with E-state index in [1.54, 1.807) is 4.90 Å². The number of amides is 1. The maximum atomic E-state index is 11.9. The molecule has 1 heterocycles. The van der Waals surface area contributed by atoms with Gasteiger partial charge >= 0.3 is 5.97 Å². The summed E-state index contributed by atoms with van der Waals surface area (Å²) in [5.41, 5.74) is 0. The maximum absolute atomic E-state index is 11.9. The van der Waals surface area contributed by atoms with Crippen LogP contribution in [0.25, 0.3) is 0 Å². The molecule has 0 saturated carbocycles. The third-order valence-electron chi connectivity index (χ3n) is 2.96. The molecule has 0 spiro atoms. The number of aliphatic carboxylic acids is 1. The minimum absolute atomic E-state index is 0.0731. The zero-order valence-corrected chi connectivity index (χ0v) is 10.3. The van der Waals surface area contributed by atoms with E-state index < -0.39 is 11.9 Å². The minimum Gasteiger partial charge on any atom is -0.481 e. The van der Waals surface area contributed by atoms with Crippen LogP contribution < -0.4 is 5.32 Å². The van der Waals surface area contributed by atoms with E-state index in [-0.39, 0.29) is 25.1 Å². The molecule has 0 bridgehead atoms. The number of nitrogens with one attached hydrogen (secondary N) is 1. The van der Waals surface area contributed by atoms with E-state index in [1.807, 2.05) is 13.8 Å². The Kier molecular flexibility index (Phi) is 5.37. The van der Waals surface area contributed by atoms with E-state index in [0.717, 1.165) is 0 Å². The summed E-state index contributed by atoms with van der Waals surface area (Å²) in [4.78, 5) is 24.5. The van der Waals surface area contributed by atoms with Gasteiger partial charge in [0.25, 0.3) is 0 Å². The van der Waals surface area contributed by atoms with Crippen LogP contribution in [0.15, 0.2) is 0 Å². The molecule has 1 aliphatic heterocycles. The first-order chi connectivity index (χ1) is 8.11. The van der Waals surface area contributed by atoms with Gasteiger partial charge in [-0.15, -0.1) is 0 Å². The molecule has 1 fully saturated rings. The second-order valence-corrected chi connectivity index (χ2v) is 4.01. The van der Waals surface area contributed by atoms with Crippen molar-refractivity contribution in [1.29, 1.82) is 0 Å². The smallest absolute Gasteiger partial charge is 0.311 e. The van der Waals surface area contributed by atoms with E-state index >= 15 is 0 Å². The Hall–Kier alpha value is -1.14. The Bertz CT molecular complexity index is 283. The number of likely N-dealkylation sites (N-methyl/N-ethyl adjacent to an activating group) is 2. The molecular formula is C11H20N2O4. The van der Waals surface area contributed by atoms with Gasteiger partial charge in [0.05, 0.1) is 25.8 Å². The van der Waals surface area contributed by atoms with Gasteiger partial charge in [-0.2, -0.15) is 0 Å². The third kappa shape index (κ3) is 3.41. The third-order valence-corrected chi connectivity index (χ3v) is 2.96. The summed E-state index contributed by atoms with van der Waals surface area (Å²) in [5.74, 6) is -1.58. The Balaban J connectivity index is 2.65. The Labute approximate surface area is 101 Å². The second-order valence-electron chi connectivity index (χ2n) is 4.01. The summed E-state index contributed by atoms with van der Waals surface area (Å²) < 4.78 is 5.17. The summed E-state index contributed by atoms with van der Waals surface area (Å²) in [6.07, 6.45) is 0. The topological polar surface area (TPSA) is 78.9 Å². The molecule has 98 valence electrons. The van der Waals surface area contributed by atoms with Crippen molar-refractivity contribution in [3.05, 3.63) is 0 Å².